The zero-order valence-electron chi connectivity index (χ0n) is 11.1. The molecule has 0 saturated carbocycles. The van der Waals surface area contributed by atoms with Crippen LogP contribution in [0.15, 0.2) is 36.9 Å². The van der Waals surface area contributed by atoms with E-state index in [0.29, 0.717) is 12.4 Å². The Morgan fingerprint density at radius 2 is 2.17 bits per heavy atom. The highest BCUT2D eigenvalue weighted by molar-refractivity contribution is 5.34. The first kappa shape index (κ1) is 14.7. The third-order valence-electron chi connectivity index (χ3n) is 2.82. The Labute approximate surface area is 109 Å². The Balaban J connectivity index is 2.34. The average molecular weight is 249 g/mol. The van der Waals surface area contributed by atoms with E-state index in [0.717, 1.165) is 31.6 Å². The molecule has 0 aliphatic rings. The van der Waals surface area contributed by atoms with Crippen LogP contribution in [-0.4, -0.2) is 24.9 Å². The minimum Gasteiger partial charge on any atom is -0.508 e. The fourth-order valence-corrected chi connectivity index (χ4v) is 1.83. The summed E-state index contributed by atoms with van der Waals surface area (Å²) in [5, 5.41) is 13.2. The lowest BCUT2D eigenvalue weighted by molar-refractivity contribution is 0.138. The third-order valence-corrected chi connectivity index (χ3v) is 2.82. The molecule has 1 aromatic carbocycles. The molecule has 0 aliphatic carbocycles. The summed E-state index contributed by atoms with van der Waals surface area (Å²) in [6, 6.07) is 7.63. The molecule has 0 aliphatic heterocycles. The van der Waals surface area contributed by atoms with Crippen LogP contribution in [0.4, 0.5) is 0 Å². The molecule has 0 spiro atoms. The highest BCUT2D eigenvalue weighted by Crippen LogP contribution is 2.25. The fourth-order valence-electron chi connectivity index (χ4n) is 1.83. The predicted molar refractivity (Wildman–Crippen MR) is 74.8 cm³/mol. The summed E-state index contributed by atoms with van der Waals surface area (Å²) in [6.45, 7) is 7.93. The molecule has 0 radical (unpaired) electrons. The Hall–Kier alpha value is -1.32. The SMILES string of the molecule is C=CCCOCCNC(CC)c1ccccc1O. The number of phenols is 1. The van der Waals surface area contributed by atoms with Crippen molar-refractivity contribution in [1.82, 2.24) is 5.32 Å². The van der Waals surface area contributed by atoms with Gasteiger partial charge < -0.3 is 15.2 Å². The van der Waals surface area contributed by atoms with Crippen molar-refractivity contribution in [3.63, 3.8) is 0 Å². The van der Waals surface area contributed by atoms with Gasteiger partial charge in [-0.1, -0.05) is 31.2 Å². The van der Waals surface area contributed by atoms with Crippen molar-refractivity contribution >= 4 is 0 Å². The summed E-state index contributed by atoms with van der Waals surface area (Å²) in [4.78, 5) is 0. The number of benzene rings is 1. The van der Waals surface area contributed by atoms with Gasteiger partial charge in [0.05, 0.1) is 13.2 Å². The van der Waals surface area contributed by atoms with Crippen molar-refractivity contribution in [3.8, 4) is 5.75 Å². The van der Waals surface area contributed by atoms with Crippen LogP contribution in [0.25, 0.3) is 0 Å². The monoisotopic (exact) mass is 249 g/mol. The summed E-state index contributed by atoms with van der Waals surface area (Å²) in [5.74, 6) is 0.351. The summed E-state index contributed by atoms with van der Waals surface area (Å²) >= 11 is 0. The molecule has 0 fully saturated rings. The standard InChI is InChI=1S/C15H23NO2/c1-3-5-11-18-12-10-16-14(4-2)13-8-6-7-9-15(13)17/h3,6-9,14,16-17H,1,4-5,10-12H2,2H3. The lowest BCUT2D eigenvalue weighted by Gasteiger charge is -2.18. The maximum Gasteiger partial charge on any atom is 0.120 e. The average Bonchev–Trinajstić information content (AvgIpc) is 2.39. The van der Waals surface area contributed by atoms with Crippen LogP contribution >= 0.6 is 0 Å². The van der Waals surface area contributed by atoms with E-state index in [2.05, 4.69) is 18.8 Å². The Kier molecular flexibility index (Phi) is 7.14. The highest BCUT2D eigenvalue weighted by atomic mass is 16.5. The smallest absolute Gasteiger partial charge is 0.120 e. The molecule has 0 aromatic heterocycles. The molecule has 1 aromatic rings. The van der Waals surface area contributed by atoms with Crippen LogP contribution in [0.2, 0.25) is 0 Å². The molecule has 0 amide bonds. The van der Waals surface area contributed by atoms with Gasteiger partial charge in [-0.05, 0) is 18.9 Å². The molecule has 0 saturated heterocycles. The van der Waals surface area contributed by atoms with Gasteiger partial charge in [0.1, 0.15) is 5.75 Å². The number of para-hydroxylation sites is 1. The zero-order valence-corrected chi connectivity index (χ0v) is 11.1. The van der Waals surface area contributed by atoms with Gasteiger partial charge in [-0.25, -0.2) is 0 Å². The van der Waals surface area contributed by atoms with Gasteiger partial charge in [0.25, 0.3) is 0 Å². The molecule has 18 heavy (non-hydrogen) atoms. The second kappa shape index (κ2) is 8.72. The number of ether oxygens (including phenoxy) is 1. The molecule has 1 atom stereocenters. The van der Waals surface area contributed by atoms with Crippen molar-refractivity contribution < 1.29 is 9.84 Å². The van der Waals surface area contributed by atoms with E-state index in [9.17, 15) is 5.11 Å². The minimum absolute atomic E-state index is 0.175. The lowest BCUT2D eigenvalue weighted by atomic mass is 10.0. The van der Waals surface area contributed by atoms with Crippen LogP contribution in [0.3, 0.4) is 0 Å². The van der Waals surface area contributed by atoms with Crippen molar-refractivity contribution in [1.29, 1.82) is 0 Å². The van der Waals surface area contributed by atoms with Crippen LogP contribution in [0.1, 0.15) is 31.4 Å². The van der Waals surface area contributed by atoms with E-state index in [-0.39, 0.29) is 6.04 Å². The molecule has 0 bridgehead atoms. The van der Waals surface area contributed by atoms with E-state index in [1.54, 1.807) is 6.07 Å². The first-order valence-corrected chi connectivity index (χ1v) is 6.49. The van der Waals surface area contributed by atoms with Crippen LogP contribution in [0.5, 0.6) is 5.75 Å². The zero-order chi connectivity index (χ0) is 13.2. The second-order valence-corrected chi connectivity index (χ2v) is 4.16. The molecular formula is C15H23NO2. The lowest BCUT2D eigenvalue weighted by Crippen LogP contribution is -2.25. The number of hydrogen-bond donors (Lipinski definition) is 2. The molecule has 1 unspecified atom stereocenters. The van der Waals surface area contributed by atoms with Crippen molar-refractivity contribution in [2.24, 2.45) is 0 Å². The van der Waals surface area contributed by atoms with E-state index in [1.165, 1.54) is 0 Å². The number of nitrogens with one attached hydrogen (secondary N) is 1. The first-order valence-electron chi connectivity index (χ1n) is 6.49. The first-order chi connectivity index (χ1) is 8.79. The Bertz CT molecular complexity index is 352. The summed E-state index contributed by atoms with van der Waals surface area (Å²) in [5.41, 5.74) is 0.950. The maximum absolute atomic E-state index is 9.80. The quantitative estimate of drug-likeness (QED) is 0.522. The molecule has 1 rings (SSSR count). The third kappa shape index (κ3) is 4.90. The summed E-state index contributed by atoms with van der Waals surface area (Å²) in [6.07, 6.45) is 3.67. The molecule has 2 N–H and O–H groups in total. The number of aromatic hydroxyl groups is 1. The number of phenolic OH excluding ortho intramolecular Hbond substituents is 1. The molecular weight excluding hydrogens is 226 g/mol. The van der Waals surface area contributed by atoms with Crippen molar-refractivity contribution in [3.05, 3.63) is 42.5 Å². The fraction of sp³-hybridized carbons (Fsp3) is 0.467. The van der Waals surface area contributed by atoms with E-state index in [4.69, 9.17) is 4.74 Å². The van der Waals surface area contributed by atoms with Gasteiger partial charge in [0.2, 0.25) is 0 Å². The minimum atomic E-state index is 0.175. The van der Waals surface area contributed by atoms with Gasteiger partial charge in [-0.3, -0.25) is 0 Å². The maximum atomic E-state index is 9.80. The van der Waals surface area contributed by atoms with Crippen LogP contribution in [-0.2, 0) is 4.74 Å². The molecule has 3 nitrogen and oxygen atoms in total. The molecule has 100 valence electrons. The van der Waals surface area contributed by atoms with Gasteiger partial charge in [0, 0.05) is 18.2 Å². The largest absolute Gasteiger partial charge is 0.508 e. The van der Waals surface area contributed by atoms with E-state index >= 15 is 0 Å². The topological polar surface area (TPSA) is 41.5 Å². The van der Waals surface area contributed by atoms with Crippen molar-refractivity contribution in [2.75, 3.05) is 19.8 Å². The van der Waals surface area contributed by atoms with E-state index in [1.807, 2.05) is 24.3 Å². The van der Waals surface area contributed by atoms with Crippen LogP contribution < -0.4 is 5.32 Å². The number of hydrogen-bond acceptors (Lipinski definition) is 3. The van der Waals surface area contributed by atoms with Gasteiger partial charge in [-0.2, -0.15) is 0 Å². The Morgan fingerprint density at radius 3 is 2.83 bits per heavy atom. The predicted octanol–water partition coefficient (Wildman–Crippen LogP) is 3.03. The van der Waals surface area contributed by atoms with Gasteiger partial charge in [-0.15, -0.1) is 6.58 Å². The normalized spacial score (nSPS) is 12.3. The Morgan fingerprint density at radius 1 is 1.39 bits per heavy atom. The van der Waals surface area contributed by atoms with Gasteiger partial charge in [0.15, 0.2) is 0 Å². The summed E-state index contributed by atoms with van der Waals surface area (Å²) < 4.78 is 5.44. The highest BCUT2D eigenvalue weighted by Gasteiger charge is 2.11. The van der Waals surface area contributed by atoms with Crippen LogP contribution in [0, 0.1) is 0 Å². The van der Waals surface area contributed by atoms with E-state index < -0.39 is 0 Å². The van der Waals surface area contributed by atoms with Crippen molar-refractivity contribution in [2.45, 2.75) is 25.8 Å². The number of rotatable bonds is 9. The van der Waals surface area contributed by atoms with Gasteiger partial charge >= 0.3 is 0 Å². The molecule has 0 heterocycles. The summed E-state index contributed by atoms with van der Waals surface area (Å²) in [7, 11) is 0. The second-order valence-electron chi connectivity index (χ2n) is 4.16. The molecule has 3 heteroatoms.